The molecule has 0 spiro atoms. The minimum atomic E-state index is -0.495. The van der Waals surface area contributed by atoms with Gasteiger partial charge in [0.25, 0.3) is 5.91 Å². The predicted molar refractivity (Wildman–Crippen MR) is 75.2 cm³/mol. The van der Waals surface area contributed by atoms with Crippen LogP contribution in [0.3, 0.4) is 0 Å². The van der Waals surface area contributed by atoms with Gasteiger partial charge in [-0.3, -0.25) is 9.59 Å². The maximum absolute atomic E-state index is 12.5. The molecule has 1 aliphatic rings. The molecule has 1 saturated heterocycles. The number of nitrogens with zero attached hydrogens (tertiary/aromatic N) is 1. The molecule has 110 valence electrons. The van der Waals surface area contributed by atoms with E-state index in [-0.39, 0.29) is 23.5 Å². The second kappa shape index (κ2) is 6.59. The smallest absolute Gasteiger partial charge is 0.287 e. The first-order valence-corrected chi connectivity index (χ1v) is 7.22. The van der Waals surface area contributed by atoms with Gasteiger partial charge in [0.15, 0.2) is 5.76 Å². The second-order valence-corrected chi connectivity index (χ2v) is 5.56. The van der Waals surface area contributed by atoms with E-state index < -0.39 is 6.04 Å². The third-order valence-corrected chi connectivity index (χ3v) is 3.63. The van der Waals surface area contributed by atoms with Crippen molar-refractivity contribution in [1.29, 1.82) is 0 Å². The molecule has 5 nitrogen and oxygen atoms in total. The van der Waals surface area contributed by atoms with Crippen LogP contribution in [-0.4, -0.2) is 35.8 Å². The molecule has 2 rings (SSSR count). The van der Waals surface area contributed by atoms with Gasteiger partial charge in [0.2, 0.25) is 5.91 Å². The van der Waals surface area contributed by atoms with Crippen molar-refractivity contribution in [3.63, 3.8) is 0 Å². The Morgan fingerprint density at radius 2 is 1.95 bits per heavy atom. The summed E-state index contributed by atoms with van der Waals surface area (Å²) in [5.74, 6) is -0.0379. The summed E-state index contributed by atoms with van der Waals surface area (Å²) in [4.78, 5) is 26.4. The fourth-order valence-corrected chi connectivity index (χ4v) is 2.44. The lowest BCUT2D eigenvalue weighted by Gasteiger charge is -2.32. The lowest BCUT2D eigenvalue weighted by Crippen LogP contribution is -2.52. The zero-order valence-corrected chi connectivity index (χ0v) is 12.1. The van der Waals surface area contributed by atoms with Crippen LogP contribution in [0.4, 0.5) is 0 Å². The van der Waals surface area contributed by atoms with Crippen molar-refractivity contribution in [3.8, 4) is 0 Å². The highest BCUT2D eigenvalue weighted by Crippen LogP contribution is 2.14. The summed E-state index contributed by atoms with van der Waals surface area (Å²) in [5.41, 5.74) is 0. The van der Waals surface area contributed by atoms with Crippen LogP contribution < -0.4 is 5.32 Å². The van der Waals surface area contributed by atoms with E-state index in [1.807, 2.05) is 18.7 Å². The molecule has 1 N–H and O–H groups in total. The molecule has 20 heavy (non-hydrogen) atoms. The monoisotopic (exact) mass is 278 g/mol. The van der Waals surface area contributed by atoms with Crippen molar-refractivity contribution in [3.05, 3.63) is 24.2 Å². The molecule has 0 unspecified atom stereocenters. The van der Waals surface area contributed by atoms with Gasteiger partial charge in [-0.25, -0.2) is 0 Å². The molecule has 5 heteroatoms. The molecule has 1 aromatic rings. The average Bonchev–Trinajstić information content (AvgIpc) is 2.98. The molecule has 1 fully saturated rings. The van der Waals surface area contributed by atoms with Crippen LogP contribution in [0, 0.1) is 5.92 Å². The van der Waals surface area contributed by atoms with Gasteiger partial charge in [0, 0.05) is 13.1 Å². The van der Waals surface area contributed by atoms with Crippen LogP contribution in [0.2, 0.25) is 0 Å². The van der Waals surface area contributed by atoms with E-state index in [1.54, 1.807) is 12.1 Å². The summed E-state index contributed by atoms with van der Waals surface area (Å²) in [5, 5.41) is 2.79. The maximum atomic E-state index is 12.5. The van der Waals surface area contributed by atoms with Crippen molar-refractivity contribution in [1.82, 2.24) is 10.2 Å². The van der Waals surface area contributed by atoms with Crippen molar-refractivity contribution in [2.45, 2.75) is 39.2 Å². The lowest BCUT2D eigenvalue weighted by atomic mass is 10.0. The van der Waals surface area contributed by atoms with Gasteiger partial charge < -0.3 is 14.6 Å². The van der Waals surface area contributed by atoms with Crippen LogP contribution in [0.1, 0.15) is 43.7 Å². The van der Waals surface area contributed by atoms with E-state index in [0.29, 0.717) is 0 Å². The zero-order valence-electron chi connectivity index (χ0n) is 12.1. The number of furan rings is 1. The molecule has 0 saturated carbocycles. The first-order chi connectivity index (χ1) is 9.59. The Morgan fingerprint density at radius 3 is 2.50 bits per heavy atom. The summed E-state index contributed by atoms with van der Waals surface area (Å²) in [7, 11) is 0. The fraction of sp³-hybridized carbons (Fsp3) is 0.600. The van der Waals surface area contributed by atoms with Gasteiger partial charge in [-0.05, 0) is 37.3 Å². The Morgan fingerprint density at radius 1 is 1.25 bits per heavy atom. The fourth-order valence-electron chi connectivity index (χ4n) is 2.44. The quantitative estimate of drug-likeness (QED) is 0.916. The number of carbonyl (C=O) groups is 2. The molecule has 1 atom stereocenters. The number of nitrogens with one attached hydrogen (secondary N) is 1. The van der Waals surface area contributed by atoms with Crippen molar-refractivity contribution < 1.29 is 14.0 Å². The van der Waals surface area contributed by atoms with Crippen LogP contribution in [0.15, 0.2) is 22.8 Å². The van der Waals surface area contributed by atoms with E-state index >= 15 is 0 Å². The molecule has 1 aliphatic heterocycles. The van der Waals surface area contributed by atoms with Gasteiger partial charge in [-0.15, -0.1) is 0 Å². The molecule has 2 amide bonds. The van der Waals surface area contributed by atoms with Crippen LogP contribution in [0.25, 0.3) is 0 Å². The molecule has 1 aromatic heterocycles. The van der Waals surface area contributed by atoms with Gasteiger partial charge in [0.1, 0.15) is 6.04 Å². The van der Waals surface area contributed by atoms with E-state index in [2.05, 4.69) is 5.32 Å². The van der Waals surface area contributed by atoms with Gasteiger partial charge in [-0.1, -0.05) is 13.8 Å². The minimum Gasteiger partial charge on any atom is -0.459 e. The number of piperidine rings is 1. The molecule has 0 aromatic carbocycles. The van der Waals surface area contributed by atoms with Crippen molar-refractivity contribution in [2.24, 2.45) is 5.92 Å². The van der Waals surface area contributed by atoms with E-state index in [4.69, 9.17) is 4.42 Å². The summed E-state index contributed by atoms with van der Waals surface area (Å²) >= 11 is 0. The number of likely N-dealkylation sites (tertiary alicyclic amines) is 1. The summed E-state index contributed by atoms with van der Waals surface area (Å²) in [6, 6.07) is 2.76. The predicted octanol–water partition coefficient (Wildman–Crippen LogP) is 2.05. The first-order valence-electron chi connectivity index (χ1n) is 7.22. The highest BCUT2D eigenvalue weighted by atomic mass is 16.3. The third kappa shape index (κ3) is 3.40. The van der Waals surface area contributed by atoms with Crippen molar-refractivity contribution in [2.75, 3.05) is 13.1 Å². The topological polar surface area (TPSA) is 62.6 Å². The highest BCUT2D eigenvalue weighted by molar-refractivity contribution is 5.95. The molecule has 2 heterocycles. The number of hydrogen-bond donors (Lipinski definition) is 1. The highest BCUT2D eigenvalue weighted by Gasteiger charge is 2.30. The molecular weight excluding hydrogens is 256 g/mol. The van der Waals surface area contributed by atoms with E-state index in [0.717, 1.165) is 25.9 Å². The van der Waals surface area contributed by atoms with E-state index in [9.17, 15) is 9.59 Å². The SMILES string of the molecule is CC(C)[C@H](NC(=O)c1ccco1)C(=O)N1CCCCC1. The maximum Gasteiger partial charge on any atom is 0.287 e. The average molecular weight is 278 g/mol. The van der Waals surface area contributed by atoms with Gasteiger partial charge in [0.05, 0.1) is 6.26 Å². The Hall–Kier alpha value is -1.78. The Kier molecular flexibility index (Phi) is 4.82. The number of amides is 2. The summed E-state index contributed by atoms with van der Waals surface area (Å²) < 4.78 is 5.06. The standard InChI is InChI=1S/C15H22N2O3/c1-11(2)13(15(19)17-8-4-3-5-9-17)16-14(18)12-7-6-10-20-12/h6-7,10-11,13H,3-5,8-9H2,1-2H3,(H,16,18)/t13-/m0/s1. The number of carbonyl (C=O) groups excluding carboxylic acids is 2. The van der Waals surface area contributed by atoms with Gasteiger partial charge >= 0.3 is 0 Å². The second-order valence-electron chi connectivity index (χ2n) is 5.56. The van der Waals surface area contributed by atoms with E-state index in [1.165, 1.54) is 12.7 Å². The molecule has 0 aliphatic carbocycles. The normalized spacial score (nSPS) is 17.1. The first kappa shape index (κ1) is 14.6. The lowest BCUT2D eigenvalue weighted by molar-refractivity contribution is -0.135. The third-order valence-electron chi connectivity index (χ3n) is 3.63. The molecule has 0 bridgehead atoms. The van der Waals surface area contributed by atoms with Crippen LogP contribution >= 0.6 is 0 Å². The molecule has 0 radical (unpaired) electrons. The summed E-state index contributed by atoms with van der Waals surface area (Å²) in [6.45, 7) is 5.46. The number of hydrogen-bond acceptors (Lipinski definition) is 3. The zero-order chi connectivity index (χ0) is 14.5. The Balaban J connectivity index is 2.02. The Labute approximate surface area is 119 Å². The Bertz CT molecular complexity index is 448. The van der Waals surface area contributed by atoms with Crippen LogP contribution in [0.5, 0.6) is 0 Å². The van der Waals surface area contributed by atoms with Crippen LogP contribution in [-0.2, 0) is 4.79 Å². The largest absolute Gasteiger partial charge is 0.459 e. The minimum absolute atomic E-state index is 0.0135. The number of rotatable bonds is 4. The summed E-state index contributed by atoms with van der Waals surface area (Å²) in [6.07, 6.45) is 4.71. The molecular formula is C15H22N2O3. The van der Waals surface area contributed by atoms with Crippen molar-refractivity contribution >= 4 is 11.8 Å². The van der Waals surface area contributed by atoms with Gasteiger partial charge in [-0.2, -0.15) is 0 Å².